The average Bonchev–Trinajstić information content (AvgIpc) is 2.19. The molecule has 0 saturated heterocycles. The lowest BCUT2D eigenvalue weighted by Crippen LogP contribution is -2.04. The molecule has 0 aliphatic heterocycles. The highest BCUT2D eigenvalue weighted by atomic mass is 35.5. The average molecular weight is 215 g/mol. The number of esters is 1. The van der Waals surface area contributed by atoms with Crippen LogP contribution in [0.3, 0.4) is 0 Å². The third-order valence-corrected chi connectivity index (χ3v) is 1.71. The fourth-order valence-corrected chi connectivity index (χ4v) is 1.00. The van der Waals surface area contributed by atoms with Crippen molar-refractivity contribution in [2.75, 3.05) is 7.11 Å². The molecule has 1 aromatic rings. The van der Waals surface area contributed by atoms with Crippen LogP contribution in [-0.4, -0.2) is 18.1 Å². The number of pyridine rings is 1. The number of ether oxygens (including phenoxy) is 1. The van der Waals surface area contributed by atoms with E-state index in [0.29, 0.717) is 0 Å². The smallest absolute Gasteiger partial charge is 0.343 e. The third-order valence-electron chi connectivity index (χ3n) is 1.42. The first-order valence-electron chi connectivity index (χ1n) is 3.42. The molecule has 4 nitrogen and oxygen atoms in total. The fraction of sp³-hybridized carbons (Fsp3) is 0.125. The van der Waals surface area contributed by atoms with Crippen LogP contribution in [0.5, 0.6) is 0 Å². The van der Waals surface area contributed by atoms with Gasteiger partial charge >= 0.3 is 11.8 Å². The van der Waals surface area contributed by atoms with Gasteiger partial charge in [-0.3, -0.25) is 0 Å². The highest BCUT2D eigenvalue weighted by molar-refractivity contribution is 6.32. The Morgan fingerprint density at radius 1 is 1.79 bits per heavy atom. The number of hydrogen-bond donors (Lipinski definition) is 0. The molecule has 1 aromatic heterocycles. The van der Waals surface area contributed by atoms with Gasteiger partial charge in [0.25, 0.3) is 0 Å². The largest absolute Gasteiger partial charge is 0.465 e. The minimum atomic E-state index is -0.898. The Bertz CT molecular complexity index is 428. The van der Waals surface area contributed by atoms with Gasteiger partial charge in [-0.1, -0.05) is 6.57 Å². The minimum absolute atomic E-state index is 0.195. The summed E-state index contributed by atoms with van der Waals surface area (Å²) < 4.78 is 17.3. The van der Waals surface area contributed by atoms with Crippen LogP contribution >= 0.6 is 11.6 Å². The van der Waals surface area contributed by atoms with E-state index >= 15 is 0 Å². The first kappa shape index (κ1) is 10.4. The van der Waals surface area contributed by atoms with E-state index in [1.807, 2.05) is 0 Å². The van der Waals surface area contributed by atoms with Crippen molar-refractivity contribution in [3.63, 3.8) is 0 Å². The molecule has 0 aliphatic rings. The molecule has 0 unspecified atom stereocenters. The molecule has 0 saturated carbocycles. The molecule has 0 spiro atoms. The topological polar surface area (TPSA) is 43.5 Å². The van der Waals surface area contributed by atoms with Crippen molar-refractivity contribution in [1.29, 1.82) is 0 Å². The van der Waals surface area contributed by atoms with Gasteiger partial charge in [-0.05, 0) is 17.7 Å². The summed E-state index contributed by atoms with van der Waals surface area (Å²) in [6, 6.07) is 0.828. The van der Waals surface area contributed by atoms with Crippen LogP contribution in [0.2, 0.25) is 5.15 Å². The van der Waals surface area contributed by atoms with Crippen molar-refractivity contribution < 1.29 is 13.9 Å². The van der Waals surface area contributed by atoms with Gasteiger partial charge in [0.05, 0.1) is 7.11 Å². The monoisotopic (exact) mass is 214 g/mol. The summed E-state index contributed by atoms with van der Waals surface area (Å²) in [5, 5.41) is -0.246. The molecule has 0 aliphatic carbocycles. The van der Waals surface area contributed by atoms with Gasteiger partial charge in [-0.2, -0.15) is 0 Å². The molecular weight excluding hydrogens is 211 g/mol. The van der Waals surface area contributed by atoms with Gasteiger partial charge in [0.1, 0.15) is 5.56 Å². The van der Waals surface area contributed by atoms with Crippen molar-refractivity contribution in [1.82, 2.24) is 4.98 Å². The van der Waals surface area contributed by atoms with Crippen LogP contribution in [-0.2, 0) is 4.74 Å². The van der Waals surface area contributed by atoms with Crippen molar-refractivity contribution in [3.05, 3.63) is 34.0 Å². The van der Waals surface area contributed by atoms with Crippen LogP contribution in [0.25, 0.3) is 4.85 Å². The number of carbonyl (C=O) groups excluding carboxylic acids is 1. The maximum Gasteiger partial charge on any atom is 0.343 e. The highest BCUT2D eigenvalue weighted by Crippen LogP contribution is 2.22. The number of nitrogens with zero attached hydrogens (tertiary/aromatic N) is 2. The normalized spacial score (nSPS) is 9.29. The number of hydrogen-bond acceptors (Lipinski definition) is 3. The Hall–Kier alpha value is -1.67. The Balaban J connectivity index is 3.30. The molecule has 0 atom stereocenters. The quantitative estimate of drug-likeness (QED) is 0.409. The van der Waals surface area contributed by atoms with Crippen LogP contribution in [0, 0.1) is 12.4 Å². The second-order valence-electron chi connectivity index (χ2n) is 2.24. The Morgan fingerprint density at radius 2 is 2.43 bits per heavy atom. The standard InChI is InChI=1S/C8H4ClFN2O2/c1-11-7-5(10)3-4(6(9)12-7)8(13)14-2/h3H,2H3. The van der Waals surface area contributed by atoms with Gasteiger partial charge in [-0.25, -0.2) is 9.18 Å². The molecule has 0 aromatic carbocycles. The fourth-order valence-electron chi connectivity index (χ4n) is 0.789. The summed E-state index contributed by atoms with van der Waals surface area (Å²) in [7, 11) is 1.14. The zero-order chi connectivity index (χ0) is 10.7. The molecular formula is C8H4ClFN2O2. The van der Waals surface area contributed by atoms with E-state index in [0.717, 1.165) is 13.2 Å². The number of halogens is 2. The molecule has 14 heavy (non-hydrogen) atoms. The number of methoxy groups -OCH3 is 1. The molecule has 0 fully saturated rings. The van der Waals surface area contributed by atoms with Crippen molar-refractivity contribution in [2.24, 2.45) is 0 Å². The molecule has 0 radical (unpaired) electrons. The Morgan fingerprint density at radius 3 is 2.93 bits per heavy atom. The van der Waals surface area contributed by atoms with Crippen LogP contribution in [0.15, 0.2) is 6.07 Å². The second kappa shape index (κ2) is 4.03. The lowest BCUT2D eigenvalue weighted by Gasteiger charge is -1.99. The lowest BCUT2D eigenvalue weighted by atomic mass is 10.3. The van der Waals surface area contributed by atoms with E-state index < -0.39 is 17.6 Å². The van der Waals surface area contributed by atoms with Gasteiger partial charge in [0.2, 0.25) is 5.15 Å². The predicted molar refractivity (Wildman–Crippen MR) is 46.8 cm³/mol. The van der Waals surface area contributed by atoms with E-state index in [9.17, 15) is 9.18 Å². The van der Waals surface area contributed by atoms with E-state index in [1.165, 1.54) is 0 Å². The van der Waals surface area contributed by atoms with E-state index in [-0.39, 0.29) is 10.7 Å². The molecule has 0 bridgehead atoms. The number of aromatic nitrogens is 1. The minimum Gasteiger partial charge on any atom is -0.465 e. The van der Waals surface area contributed by atoms with Gasteiger partial charge < -0.3 is 9.58 Å². The maximum absolute atomic E-state index is 13.0. The molecule has 0 amide bonds. The zero-order valence-corrected chi connectivity index (χ0v) is 7.80. The second-order valence-corrected chi connectivity index (χ2v) is 2.59. The van der Waals surface area contributed by atoms with Crippen molar-refractivity contribution in [2.45, 2.75) is 0 Å². The summed E-state index contributed by atoms with van der Waals surface area (Å²) in [5.41, 5.74) is -0.195. The first-order chi connectivity index (χ1) is 6.60. The summed E-state index contributed by atoms with van der Waals surface area (Å²) in [6.45, 7) is 6.55. The van der Waals surface area contributed by atoms with Gasteiger partial charge in [0.15, 0.2) is 5.82 Å². The summed E-state index contributed by atoms with van der Waals surface area (Å²) >= 11 is 5.53. The van der Waals surface area contributed by atoms with Crippen LogP contribution in [0.1, 0.15) is 10.4 Å². The SMILES string of the molecule is [C-]#[N+]c1nc(Cl)c(C(=O)OC)cc1F. The highest BCUT2D eigenvalue weighted by Gasteiger charge is 2.18. The van der Waals surface area contributed by atoms with E-state index in [2.05, 4.69) is 14.6 Å². The molecule has 1 rings (SSSR count). The summed E-state index contributed by atoms with van der Waals surface area (Å²) in [6.07, 6.45) is 0. The summed E-state index contributed by atoms with van der Waals surface area (Å²) in [4.78, 5) is 17.2. The van der Waals surface area contributed by atoms with Crippen molar-refractivity contribution >= 4 is 23.4 Å². The molecule has 0 N–H and O–H groups in total. The lowest BCUT2D eigenvalue weighted by molar-refractivity contribution is 0.0600. The molecule has 1 heterocycles. The Labute approximate surface area is 84.1 Å². The van der Waals surface area contributed by atoms with Crippen molar-refractivity contribution in [3.8, 4) is 0 Å². The molecule has 72 valence electrons. The van der Waals surface area contributed by atoms with Gasteiger partial charge in [-0.15, -0.1) is 4.98 Å². The molecule has 6 heteroatoms. The van der Waals surface area contributed by atoms with Crippen LogP contribution < -0.4 is 0 Å². The first-order valence-corrected chi connectivity index (χ1v) is 3.79. The van der Waals surface area contributed by atoms with E-state index in [4.69, 9.17) is 18.2 Å². The predicted octanol–water partition coefficient (Wildman–Crippen LogP) is 2.21. The Kier molecular flexibility index (Phi) is 2.99. The van der Waals surface area contributed by atoms with Gasteiger partial charge in [0, 0.05) is 0 Å². The maximum atomic E-state index is 13.0. The summed E-state index contributed by atoms with van der Waals surface area (Å²) in [5.74, 6) is -2.16. The number of rotatable bonds is 1. The zero-order valence-electron chi connectivity index (χ0n) is 7.04. The van der Waals surface area contributed by atoms with E-state index in [1.54, 1.807) is 0 Å². The van der Waals surface area contributed by atoms with Crippen LogP contribution in [0.4, 0.5) is 10.2 Å². The number of carbonyl (C=O) groups is 1. The third kappa shape index (κ3) is 1.80.